The van der Waals surface area contributed by atoms with Crippen LogP contribution in [0.2, 0.25) is 0 Å². The number of hydrogen-bond acceptors (Lipinski definition) is 2. The summed E-state index contributed by atoms with van der Waals surface area (Å²) in [7, 11) is 2.26. The highest BCUT2D eigenvalue weighted by molar-refractivity contribution is 4.85. The zero-order chi connectivity index (χ0) is 9.84. The van der Waals surface area contributed by atoms with Gasteiger partial charge in [0.05, 0.1) is 0 Å². The Bertz CT molecular complexity index is 145. The van der Waals surface area contributed by atoms with E-state index < -0.39 is 0 Å². The van der Waals surface area contributed by atoms with E-state index in [0.29, 0.717) is 6.04 Å². The molecule has 0 amide bonds. The van der Waals surface area contributed by atoms with Gasteiger partial charge in [-0.15, -0.1) is 0 Å². The molecular formula is C11H24N2. The molecule has 1 heterocycles. The first-order valence-corrected chi connectivity index (χ1v) is 5.58. The van der Waals surface area contributed by atoms with E-state index in [1.54, 1.807) is 0 Å². The molecule has 1 aliphatic heterocycles. The van der Waals surface area contributed by atoms with Crippen molar-refractivity contribution in [3.8, 4) is 0 Å². The Hall–Kier alpha value is -0.0800. The SMILES string of the molecule is CCCC1CNC(C(C)C)CN1C. The Labute approximate surface area is 82.7 Å². The van der Waals surface area contributed by atoms with Gasteiger partial charge in [-0.3, -0.25) is 0 Å². The zero-order valence-corrected chi connectivity index (χ0v) is 9.51. The number of likely N-dealkylation sites (N-methyl/N-ethyl adjacent to an activating group) is 1. The molecule has 0 aromatic carbocycles. The minimum atomic E-state index is 0.693. The van der Waals surface area contributed by atoms with Crippen molar-refractivity contribution in [2.45, 2.75) is 45.7 Å². The third-order valence-corrected chi connectivity index (χ3v) is 3.15. The van der Waals surface area contributed by atoms with E-state index in [1.807, 2.05) is 0 Å². The van der Waals surface area contributed by atoms with E-state index in [2.05, 4.69) is 38.0 Å². The van der Waals surface area contributed by atoms with Crippen LogP contribution in [0.1, 0.15) is 33.6 Å². The molecule has 2 atom stereocenters. The zero-order valence-electron chi connectivity index (χ0n) is 9.51. The number of piperazine rings is 1. The molecule has 0 spiro atoms. The maximum Gasteiger partial charge on any atom is 0.0218 e. The van der Waals surface area contributed by atoms with Crippen LogP contribution in [0.4, 0.5) is 0 Å². The molecule has 1 N–H and O–H groups in total. The van der Waals surface area contributed by atoms with Gasteiger partial charge in [0.1, 0.15) is 0 Å². The number of rotatable bonds is 3. The molecule has 78 valence electrons. The maximum absolute atomic E-state index is 3.64. The fourth-order valence-corrected chi connectivity index (χ4v) is 2.07. The van der Waals surface area contributed by atoms with Gasteiger partial charge in [0.2, 0.25) is 0 Å². The fraction of sp³-hybridized carbons (Fsp3) is 1.00. The van der Waals surface area contributed by atoms with Crippen LogP contribution in [0.3, 0.4) is 0 Å². The van der Waals surface area contributed by atoms with Gasteiger partial charge in [0.15, 0.2) is 0 Å². The highest BCUT2D eigenvalue weighted by Crippen LogP contribution is 2.13. The summed E-state index contributed by atoms with van der Waals surface area (Å²) in [6.07, 6.45) is 2.62. The second-order valence-corrected chi connectivity index (χ2v) is 4.64. The lowest BCUT2D eigenvalue weighted by molar-refractivity contribution is 0.135. The Morgan fingerprint density at radius 3 is 2.62 bits per heavy atom. The van der Waals surface area contributed by atoms with Gasteiger partial charge < -0.3 is 10.2 Å². The molecule has 0 bridgehead atoms. The van der Waals surface area contributed by atoms with E-state index in [0.717, 1.165) is 12.0 Å². The Morgan fingerprint density at radius 1 is 1.46 bits per heavy atom. The van der Waals surface area contributed by atoms with Crippen molar-refractivity contribution < 1.29 is 0 Å². The largest absolute Gasteiger partial charge is 0.311 e. The molecule has 2 nitrogen and oxygen atoms in total. The topological polar surface area (TPSA) is 15.3 Å². The first-order chi connectivity index (χ1) is 6.15. The van der Waals surface area contributed by atoms with Crippen molar-refractivity contribution in [2.24, 2.45) is 5.92 Å². The molecule has 2 unspecified atom stereocenters. The molecular weight excluding hydrogens is 160 g/mol. The van der Waals surface area contributed by atoms with Crippen molar-refractivity contribution >= 4 is 0 Å². The smallest absolute Gasteiger partial charge is 0.0218 e. The third-order valence-electron chi connectivity index (χ3n) is 3.15. The minimum Gasteiger partial charge on any atom is -0.311 e. The average Bonchev–Trinajstić information content (AvgIpc) is 2.08. The summed E-state index contributed by atoms with van der Waals surface area (Å²) >= 11 is 0. The van der Waals surface area contributed by atoms with Crippen molar-refractivity contribution in [3.05, 3.63) is 0 Å². The fourth-order valence-electron chi connectivity index (χ4n) is 2.07. The molecule has 0 aromatic rings. The van der Waals surface area contributed by atoms with Crippen molar-refractivity contribution in [3.63, 3.8) is 0 Å². The van der Waals surface area contributed by atoms with Crippen LogP contribution in [-0.2, 0) is 0 Å². The van der Waals surface area contributed by atoms with Crippen LogP contribution < -0.4 is 5.32 Å². The van der Waals surface area contributed by atoms with E-state index in [1.165, 1.54) is 25.9 Å². The number of nitrogens with zero attached hydrogens (tertiary/aromatic N) is 1. The monoisotopic (exact) mass is 184 g/mol. The summed E-state index contributed by atoms with van der Waals surface area (Å²) in [6.45, 7) is 9.25. The summed E-state index contributed by atoms with van der Waals surface area (Å²) in [5.41, 5.74) is 0. The van der Waals surface area contributed by atoms with Crippen molar-refractivity contribution in [2.75, 3.05) is 20.1 Å². The predicted octanol–water partition coefficient (Wildman–Crippen LogP) is 1.71. The number of nitrogens with one attached hydrogen (secondary N) is 1. The molecule has 1 fully saturated rings. The van der Waals surface area contributed by atoms with Crippen LogP contribution in [0.25, 0.3) is 0 Å². The lowest BCUT2D eigenvalue weighted by atomic mass is 9.98. The first-order valence-electron chi connectivity index (χ1n) is 5.58. The molecule has 0 saturated carbocycles. The standard InChI is InChI=1S/C11H24N2/c1-5-6-10-7-12-11(9(2)3)8-13(10)4/h9-12H,5-8H2,1-4H3. The predicted molar refractivity (Wildman–Crippen MR) is 58.0 cm³/mol. The van der Waals surface area contributed by atoms with Gasteiger partial charge in [0.25, 0.3) is 0 Å². The number of hydrogen-bond donors (Lipinski definition) is 1. The lowest BCUT2D eigenvalue weighted by Gasteiger charge is -2.39. The van der Waals surface area contributed by atoms with E-state index in [9.17, 15) is 0 Å². The molecule has 0 aliphatic carbocycles. The van der Waals surface area contributed by atoms with Gasteiger partial charge in [0, 0.05) is 25.2 Å². The van der Waals surface area contributed by atoms with Gasteiger partial charge in [-0.1, -0.05) is 27.2 Å². The second-order valence-electron chi connectivity index (χ2n) is 4.64. The van der Waals surface area contributed by atoms with Crippen LogP contribution in [0, 0.1) is 5.92 Å². The third kappa shape index (κ3) is 2.96. The van der Waals surface area contributed by atoms with Gasteiger partial charge in [-0.25, -0.2) is 0 Å². The van der Waals surface area contributed by atoms with Crippen molar-refractivity contribution in [1.82, 2.24) is 10.2 Å². The molecule has 2 heteroatoms. The molecule has 13 heavy (non-hydrogen) atoms. The lowest BCUT2D eigenvalue weighted by Crippen LogP contribution is -2.56. The van der Waals surface area contributed by atoms with Gasteiger partial charge in [-0.2, -0.15) is 0 Å². The molecule has 1 rings (SSSR count). The normalized spacial score (nSPS) is 31.2. The summed E-state index contributed by atoms with van der Waals surface area (Å²) in [6, 6.07) is 1.46. The van der Waals surface area contributed by atoms with E-state index in [-0.39, 0.29) is 0 Å². The summed E-state index contributed by atoms with van der Waals surface area (Å²) in [4.78, 5) is 2.52. The van der Waals surface area contributed by atoms with Crippen LogP contribution in [-0.4, -0.2) is 37.1 Å². The summed E-state index contributed by atoms with van der Waals surface area (Å²) in [5.74, 6) is 0.755. The molecule has 0 aromatic heterocycles. The van der Waals surface area contributed by atoms with Gasteiger partial charge in [-0.05, 0) is 19.4 Å². The highest BCUT2D eigenvalue weighted by Gasteiger charge is 2.25. The van der Waals surface area contributed by atoms with Crippen LogP contribution >= 0.6 is 0 Å². The summed E-state index contributed by atoms with van der Waals surface area (Å²) < 4.78 is 0. The Balaban J connectivity index is 2.37. The quantitative estimate of drug-likeness (QED) is 0.718. The Kier molecular flexibility index (Phi) is 4.20. The molecule has 1 saturated heterocycles. The van der Waals surface area contributed by atoms with Crippen LogP contribution in [0.15, 0.2) is 0 Å². The highest BCUT2D eigenvalue weighted by atomic mass is 15.2. The van der Waals surface area contributed by atoms with E-state index >= 15 is 0 Å². The van der Waals surface area contributed by atoms with Crippen LogP contribution in [0.5, 0.6) is 0 Å². The average molecular weight is 184 g/mol. The molecule has 1 aliphatic rings. The van der Waals surface area contributed by atoms with Crippen molar-refractivity contribution in [1.29, 1.82) is 0 Å². The minimum absolute atomic E-state index is 0.693. The molecule has 0 radical (unpaired) electrons. The van der Waals surface area contributed by atoms with Gasteiger partial charge >= 0.3 is 0 Å². The summed E-state index contributed by atoms with van der Waals surface area (Å²) in [5, 5.41) is 3.64. The Morgan fingerprint density at radius 2 is 2.15 bits per heavy atom. The van der Waals surface area contributed by atoms with E-state index in [4.69, 9.17) is 0 Å². The first kappa shape index (κ1) is 11.0. The second kappa shape index (κ2) is 4.97. The maximum atomic E-state index is 3.64.